The van der Waals surface area contributed by atoms with E-state index in [9.17, 15) is 9.59 Å². The van der Waals surface area contributed by atoms with Gasteiger partial charge in [-0.2, -0.15) is 0 Å². The maximum Gasteiger partial charge on any atom is 0.344 e. The maximum absolute atomic E-state index is 11.9. The Morgan fingerprint density at radius 1 is 1.00 bits per heavy atom. The van der Waals surface area contributed by atoms with Gasteiger partial charge in [0.15, 0.2) is 13.2 Å². The van der Waals surface area contributed by atoms with Gasteiger partial charge >= 0.3 is 5.97 Å². The topological polar surface area (TPSA) is 64.6 Å². The van der Waals surface area contributed by atoms with Crippen molar-refractivity contribution in [3.63, 3.8) is 0 Å². The Morgan fingerprint density at radius 3 is 2.36 bits per heavy atom. The van der Waals surface area contributed by atoms with Crippen LogP contribution in [-0.2, 0) is 14.3 Å². The van der Waals surface area contributed by atoms with Gasteiger partial charge in [-0.15, -0.1) is 0 Å². The van der Waals surface area contributed by atoms with Crippen LogP contribution < -0.4 is 10.1 Å². The van der Waals surface area contributed by atoms with E-state index in [2.05, 4.69) is 21.2 Å². The van der Waals surface area contributed by atoms with E-state index in [1.54, 1.807) is 12.1 Å². The molecule has 0 radical (unpaired) electrons. The number of aryl methyl sites for hydroxylation is 3. The number of rotatable bonds is 6. The molecule has 5 nitrogen and oxygen atoms in total. The van der Waals surface area contributed by atoms with Crippen LogP contribution >= 0.6 is 15.9 Å². The second kappa shape index (κ2) is 8.67. The Morgan fingerprint density at radius 2 is 1.68 bits per heavy atom. The lowest BCUT2D eigenvalue weighted by Crippen LogP contribution is -2.23. The minimum atomic E-state index is -0.599. The molecule has 1 N–H and O–H groups in total. The fourth-order valence-corrected chi connectivity index (χ4v) is 2.79. The van der Waals surface area contributed by atoms with Crippen molar-refractivity contribution in [2.75, 3.05) is 18.5 Å². The Hall–Kier alpha value is -2.34. The first-order chi connectivity index (χ1) is 11.8. The molecule has 6 heteroatoms. The summed E-state index contributed by atoms with van der Waals surface area (Å²) < 4.78 is 11.1. The summed E-state index contributed by atoms with van der Waals surface area (Å²) in [4.78, 5) is 23.6. The van der Waals surface area contributed by atoms with Crippen LogP contribution in [0, 0.1) is 20.8 Å². The van der Waals surface area contributed by atoms with Crippen molar-refractivity contribution >= 4 is 33.5 Å². The Labute approximate surface area is 155 Å². The first-order valence-electron chi connectivity index (χ1n) is 7.77. The molecule has 0 unspecified atom stereocenters. The SMILES string of the molecule is Cc1ccc(OCC(=O)OCC(=O)Nc2ccc(C)cc2Br)c(C)c1. The standard InChI is InChI=1S/C19H20BrNO4/c1-12-5-7-17(14(3)8-12)24-11-19(23)25-10-18(22)21-16-6-4-13(2)9-15(16)20/h4-9H,10-11H2,1-3H3,(H,21,22). The first-order valence-corrected chi connectivity index (χ1v) is 8.56. The van der Waals surface area contributed by atoms with Crippen molar-refractivity contribution in [1.29, 1.82) is 0 Å². The molecule has 0 bridgehead atoms. The smallest absolute Gasteiger partial charge is 0.344 e. The summed E-state index contributed by atoms with van der Waals surface area (Å²) in [6.45, 7) is 5.23. The van der Waals surface area contributed by atoms with Crippen molar-refractivity contribution in [2.24, 2.45) is 0 Å². The van der Waals surface area contributed by atoms with Gasteiger partial charge in [-0.3, -0.25) is 4.79 Å². The highest BCUT2D eigenvalue weighted by Gasteiger charge is 2.11. The van der Waals surface area contributed by atoms with Crippen LogP contribution in [0.5, 0.6) is 5.75 Å². The molecule has 132 valence electrons. The molecule has 1 amide bonds. The lowest BCUT2D eigenvalue weighted by Gasteiger charge is -2.10. The monoisotopic (exact) mass is 405 g/mol. The van der Waals surface area contributed by atoms with E-state index < -0.39 is 11.9 Å². The van der Waals surface area contributed by atoms with E-state index in [4.69, 9.17) is 9.47 Å². The minimum Gasteiger partial charge on any atom is -0.482 e. The number of benzene rings is 2. The van der Waals surface area contributed by atoms with E-state index in [0.29, 0.717) is 11.4 Å². The van der Waals surface area contributed by atoms with Crippen LogP contribution in [0.2, 0.25) is 0 Å². The van der Waals surface area contributed by atoms with Gasteiger partial charge in [0.2, 0.25) is 0 Å². The number of esters is 1. The second-order valence-corrected chi connectivity index (χ2v) is 6.60. The number of ether oxygens (including phenoxy) is 2. The molecule has 0 atom stereocenters. The summed E-state index contributed by atoms with van der Waals surface area (Å²) in [6.07, 6.45) is 0. The molecule has 0 saturated heterocycles. The van der Waals surface area contributed by atoms with Gasteiger partial charge in [0.05, 0.1) is 5.69 Å². The molecule has 0 aliphatic rings. The third-order valence-electron chi connectivity index (χ3n) is 3.44. The average Bonchev–Trinajstić information content (AvgIpc) is 2.55. The molecule has 0 aliphatic carbocycles. The number of amides is 1. The number of carbonyl (C=O) groups is 2. The predicted molar refractivity (Wildman–Crippen MR) is 99.9 cm³/mol. The zero-order chi connectivity index (χ0) is 18.4. The first kappa shape index (κ1) is 19.0. The molecule has 0 spiro atoms. The molecule has 0 fully saturated rings. The van der Waals surface area contributed by atoms with Crippen molar-refractivity contribution in [3.8, 4) is 5.75 Å². The number of nitrogens with one attached hydrogen (secondary N) is 1. The highest BCUT2D eigenvalue weighted by Crippen LogP contribution is 2.23. The number of anilines is 1. The minimum absolute atomic E-state index is 0.245. The van der Waals surface area contributed by atoms with Crippen LogP contribution in [0.3, 0.4) is 0 Å². The Kier molecular flexibility index (Phi) is 6.58. The number of hydrogen-bond acceptors (Lipinski definition) is 4. The summed E-state index contributed by atoms with van der Waals surface area (Å²) >= 11 is 3.38. The van der Waals surface area contributed by atoms with Crippen LogP contribution in [0.4, 0.5) is 5.69 Å². The molecule has 0 heterocycles. The lowest BCUT2D eigenvalue weighted by molar-refractivity contribution is -0.149. The Bertz CT molecular complexity index is 789. The van der Waals surface area contributed by atoms with Crippen molar-refractivity contribution in [3.05, 3.63) is 57.6 Å². The molecular formula is C19H20BrNO4. The third-order valence-corrected chi connectivity index (χ3v) is 4.09. The molecule has 2 rings (SSSR count). The summed E-state index contributed by atoms with van der Waals surface area (Å²) in [7, 11) is 0. The number of halogens is 1. The van der Waals surface area contributed by atoms with Gasteiger partial charge in [-0.25, -0.2) is 4.79 Å². The molecule has 0 aliphatic heterocycles. The van der Waals surface area contributed by atoms with Crippen LogP contribution in [0.1, 0.15) is 16.7 Å². The molecular weight excluding hydrogens is 386 g/mol. The third kappa shape index (κ3) is 5.90. The number of hydrogen-bond donors (Lipinski definition) is 1. The quantitative estimate of drug-likeness (QED) is 0.739. The van der Waals surface area contributed by atoms with Crippen LogP contribution in [0.15, 0.2) is 40.9 Å². The van der Waals surface area contributed by atoms with E-state index >= 15 is 0 Å². The van der Waals surface area contributed by atoms with Gasteiger partial charge in [0.25, 0.3) is 5.91 Å². The Balaban J connectivity index is 1.78. The van der Waals surface area contributed by atoms with Gasteiger partial charge in [-0.1, -0.05) is 23.8 Å². The average molecular weight is 406 g/mol. The van der Waals surface area contributed by atoms with Crippen molar-refractivity contribution in [2.45, 2.75) is 20.8 Å². The van der Waals surface area contributed by atoms with E-state index in [1.807, 2.05) is 45.0 Å². The summed E-state index contributed by atoms with van der Waals surface area (Å²) in [6, 6.07) is 11.2. The molecule has 0 saturated carbocycles. The summed E-state index contributed by atoms with van der Waals surface area (Å²) in [5.41, 5.74) is 3.75. The van der Waals surface area contributed by atoms with Crippen LogP contribution in [-0.4, -0.2) is 25.1 Å². The number of carbonyl (C=O) groups excluding carboxylic acids is 2. The fraction of sp³-hybridized carbons (Fsp3) is 0.263. The van der Waals surface area contributed by atoms with E-state index in [0.717, 1.165) is 21.2 Å². The highest BCUT2D eigenvalue weighted by molar-refractivity contribution is 9.10. The zero-order valence-electron chi connectivity index (χ0n) is 14.4. The largest absolute Gasteiger partial charge is 0.482 e. The fourth-order valence-electron chi connectivity index (χ4n) is 2.19. The van der Waals surface area contributed by atoms with Crippen LogP contribution in [0.25, 0.3) is 0 Å². The highest BCUT2D eigenvalue weighted by atomic mass is 79.9. The summed E-state index contributed by atoms with van der Waals surface area (Å²) in [5, 5.41) is 2.68. The molecule has 2 aromatic carbocycles. The second-order valence-electron chi connectivity index (χ2n) is 5.75. The van der Waals surface area contributed by atoms with E-state index in [1.165, 1.54) is 0 Å². The van der Waals surface area contributed by atoms with Crippen molar-refractivity contribution < 1.29 is 19.1 Å². The zero-order valence-corrected chi connectivity index (χ0v) is 16.0. The molecule has 25 heavy (non-hydrogen) atoms. The predicted octanol–water partition coefficient (Wildman–Crippen LogP) is 3.94. The lowest BCUT2D eigenvalue weighted by atomic mass is 10.1. The van der Waals surface area contributed by atoms with Crippen molar-refractivity contribution in [1.82, 2.24) is 0 Å². The van der Waals surface area contributed by atoms with Gasteiger partial charge < -0.3 is 14.8 Å². The summed E-state index contributed by atoms with van der Waals surface area (Å²) in [5.74, 6) is -0.391. The normalized spacial score (nSPS) is 10.2. The maximum atomic E-state index is 11.9. The van der Waals surface area contributed by atoms with Gasteiger partial charge in [0, 0.05) is 4.47 Å². The molecule has 2 aromatic rings. The molecule has 0 aromatic heterocycles. The van der Waals surface area contributed by atoms with E-state index in [-0.39, 0.29) is 13.2 Å². The van der Waals surface area contributed by atoms with Gasteiger partial charge in [-0.05, 0) is 66.0 Å². The van der Waals surface area contributed by atoms with Gasteiger partial charge in [0.1, 0.15) is 5.75 Å².